The van der Waals surface area contributed by atoms with Gasteiger partial charge in [0.1, 0.15) is 5.75 Å². The zero-order valence-electron chi connectivity index (χ0n) is 9.31. The van der Waals surface area contributed by atoms with E-state index < -0.39 is 0 Å². The normalized spacial score (nSPS) is 11.2. The molecule has 0 aliphatic carbocycles. The number of aliphatic hydroxyl groups excluding tert-OH is 1. The molecule has 0 unspecified atom stereocenters. The Kier molecular flexibility index (Phi) is 4.91. The summed E-state index contributed by atoms with van der Waals surface area (Å²) in [7, 11) is 0. The number of hydrogen-bond acceptors (Lipinski definition) is 2. The highest BCUT2D eigenvalue weighted by atomic mass is 16.5. The summed E-state index contributed by atoms with van der Waals surface area (Å²) in [5.74, 6) is 0.890. The monoisotopic (exact) mass is 206 g/mol. The molecule has 82 valence electrons. The summed E-state index contributed by atoms with van der Waals surface area (Å²) in [5.41, 5.74) is 1.06. The third-order valence-electron chi connectivity index (χ3n) is 1.87. The van der Waals surface area contributed by atoms with Crippen LogP contribution < -0.4 is 4.74 Å². The van der Waals surface area contributed by atoms with Crippen LogP contribution >= 0.6 is 0 Å². The Morgan fingerprint density at radius 1 is 1.33 bits per heavy atom. The first-order valence-electron chi connectivity index (χ1n) is 5.27. The van der Waals surface area contributed by atoms with E-state index in [0.29, 0.717) is 6.42 Å². The summed E-state index contributed by atoms with van der Waals surface area (Å²) < 4.78 is 5.66. The predicted octanol–water partition coefficient (Wildman–Crippen LogP) is 2.87. The molecule has 0 aliphatic heterocycles. The molecule has 0 saturated heterocycles. The van der Waals surface area contributed by atoms with Gasteiger partial charge in [0.2, 0.25) is 0 Å². The SMILES string of the molecule is CC(C)Oc1ccccc1C=CCCO. The van der Waals surface area contributed by atoms with Crippen LogP contribution in [0.5, 0.6) is 5.75 Å². The van der Waals surface area contributed by atoms with Crippen LogP contribution in [-0.4, -0.2) is 17.8 Å². The lowest BCUT2D eigenvalue weighted by molar-refractivity contribution is 0.242. The van der Waals surface area contributed by atoms with Crippen LogP contribution in [0.25, 0.3) is 6.08 Å². The molecule has 0 radical (unpaired) electrons. The smallest absolute Gasteiger partial charge is 0.126 e. The predicted molar refractivity (Wildman–Crippen MR) is 62.9 cm³/mol. The number of hydrogen-bond donors (Lipinski definition) is 1. The van der Waals surface area contributed by atoms with E-state index in [4.69, 9.17) is 9.84 Å². The highest BCUT2D eigenvalue weighted by molar-refractivity contribution is 5.57. The molecule has 0 aromatic heterocycles. The Morgan fingerprint density at radius 2 is 2.07 bits per heavy atom. The zero-order chi connectivity index (χ0) is 11.1. The van der Waals surface area contributed by atoms with Gasteiger partial charge in [0.25, 0.3) is 0 Å². The van der Waals surface area contributed by atoms with Gasteiger partial charge < -0.3 is 9.84 Å². The summed E-state index contributed by atoms with van der Waals surface area (Å²) in [4.78, 5) is 0. The minimum absolute atomic E-state index is 0.178. The van der Waals surface area contributed by atoms with Crippen molar-refractivity contribution < 1.29 is 9.84 Å². The summed E-state index contributed by atoms with van der Waals surface area (Å²) in [6.07, 6.45) is 4.78. The molecule has 2 nitrogen and oxygen atoms in total. The molecular weight excluding hydrogens is 188 g/mol. The lowest BCUT2D eigenvalue weighted by Gasteiger charge is -2.11. The van der Waals surface area contributed by atoms with Crippen LogP contribution in [0.3, 0.4) is 0 Å². The van der Waals surface area contributed by atoms with Gasteiger partial charge in [-0.25, -0.2) is 0 Å². The fourth-order valence-corrected chi connectivity index (χ4v) is 1.26. The molecule has 15 heavy (non-hydrogen) atoms. The minimum atomic E-state index is 0.178. The quantitative estimate of drug-likeness (QED) is 0.802. The Balaban J connectivity index is 2.76. The fraction of sp³-hybridized carbons (Fsp3) is 0.385. The van der Waals surface area contributed by atoms with Crippen molar-refractivity contribution in [2.24, 2.45) is 0 Å². The van der Waals surface area contributed by atoms with E-state index in [9.17, 15) is 0 Å². The van der Waals surface area contributed by atoms with Gasteiger partial charge in [0.15, 0.2) is 0 Å². The van der Waals surface area contributed by atoms with E-state index in [1.807, 2.05) is 50.3 Å². The third kappa shape index (κ3) is 4.17. The average molecular weight is 206 g/mol. The van der Waals surface area contributed by atoms with Crippen LogP contribution in [-0.2, 0) is 0 Å². The maximum absolute atomic E-state index is 8.68. The topological polar surface area (TPSA) is 29.5 Å². The Hall–Kier alpha value is -1.28. The average Bonchev–Trinajstić information content (AvgIpc) is 2.20. The van der Waals surface area contributed by atoms with Gasteiger partial charge >= 0.3 is 0 Å². The molecule has 1 N–H and O–H groups in total. The van der Waals surface area contributed by atoms with E-state index in [1.165, 1.54) is 0 Å². The molecule has 0 atom stereocenters. The second kappa shape index (κ2) is 6.25. The van der Waals surface area contributed by atoms with Crippen molar-refractivity contribution in [3.8, 4) is 5.75 Å². The fourth-order valence-electron chi connectivity index (χ4n) is 1.26. The maximum atomic E-state index is 8.68. The second-order valence-electron chi connectivity index (χ2n) is 3.62. The maximum Gasteiger partial charge on any atom is 0.126 e. The molecule has 0 aliphatic rings. The van der Waals surface area contributed by atoms with Crippen molar-refractivity contribution >= 4 is 6.08 Å². The van der Waals surface area contributed by atoms with Gasteiger partial charge in [-0.15, -0.1) is 0 Å². The van der Waals surface area contributed by atoms with E-state index in [0.717, 1.165) is 11.3 Å². The number of para-hydroxylation sites is 1. The van der Waals surface area contributed by atoms with Crippen LogP contribution in [0.1, 0.15) is 25.8 Å². The molecule has 0 heterocycles. The first-order valence-corrected chi connectivity index (χ1v) is 5.27. The first kappa shape index (κ1) is 11.8. The first-order chi connectivity index (χ1) is 7.24. The molecule has 0 amide bonds. The molecule has 1 aromatic rings. The largest absolute Gasteiger partial charge is 0.490 e. The summed E-state index contributed by atoms with van der Waals surface area (Å²) >= 11 is 0. The van der Waals surface area contributed by atoms with Gasteiger partial charge in [0.05, 0.1) is 6.10 Å². The van der Waals surface area contributed by atoms with Crippen LogP contribution in [0.15, 0.2) is 30.3 Å². The van der Waals surface area contributed by atoms with Crippen LogP contribution in [0.4, 0.5) is 0 Å². The molecule has 1 aromatic carbocycles. The van der Waals surface area contributed by atoms with Crippen molar-refractivity contribution in [2.75, 3.05) is 6.61 Å². The van der Waals surface area contributed by atoms with Crippen LogP contribution in [0.2, 0.25) is 0 Å². The van der Waals surface area contributed by atoms with E-state index in [-0.39, 0.29) is 12.7 Å². The van der Waals surface area contributed by atoms with E-state index in [1.54, 1.807) is 0 Å². The lowest BCUT2D eigenvalue weighted by atomic mass is 10.1. The molecule has 0 saturated carbocycles. The number of rotatable bonds is 5. The van der Waals surface area contributed by atoms with Crippen molar-refractivity contribution in [1.82, 2.24) is 0 Å². The summed E-state index contributed by atoms with van der Waals surface area (Å²) in [5, 5.41) is 8.68. The highest BCUT2D eigenvalue weighted by Crippen LogP contribution is 2.20. The minimum Gasteiger partial charge on any atom is -0.490 e. The molecule has 0 bridgehead atoms. The molecular formula is C13H18O2. The van der Waals surface area contributed by atoms with Gasteiger partial charge in [-0.1, -0.05) is 30.4 Å². The summed E-state index contributed by atoms with van der Waals surface area (Å²) in [6.45, 7) is 4.20. The standard InChI is InChI=1S/C13H18O2/c1-11(2)15-13-9-4-3-7-12(13)8-5-6-10-14/h3-5,7-9,11,14H,6,10H2,1-2H3. The Bertz CT molecular complexity index is 316. The van der Waals surface area contributed by atoms with Gasteiger partial charge in [-0.05, 0) is 26.3 Å². The second-order valence-corrected chi connectivity index (χ2v) is 3.62. The van der Waals surface area contributed by atoms with E-state index >= 15 is 0 Å². The molecule has 1 rings (SSSR count). The Morgan fingerprint density at radius 3 is 2.73 bits per heavy atom. The number of aliphatic hydroxyl groups is 1. The lowest BCUT2D eigenvalue weighted by Crippen LogP contribution is -2.06. The number of benzene rings is 1. The highest BCUT2D eigenvalue weighted by Gasteiger charge is 2.01. The molecule has 2 heteroatoms. The number of ether oxygens (including phenoxy) is 1. The molecule has 0 fully saturated rings. The van der Waals surface area contributed by atoms with Crippen LogP contribution in [0, 0.1) is 0 Å². The van der Waals surface area contributed by atoms with Gasteiger partial charge in [-0.3, -0.25) is 0 Å². The molecule has 0 spiro atoms. The van der Waals surface area contributed by atoms with Crippen molar-refractivity contribution in [3.63, 3.8) is 0 Å². The third-order valence-corrected chi connectivity index (χ3v) is 1.87. The van der Waals surface area contributed by atoms with Crippen molar-refractivity contribution in [2.45, 2.75) is 26.4 Å². The Labute approximate surface area is 91.2 Å². The summed E-state index contributed by atoms with van der Waals surface area (Å²) in [6, 6.07) is 7.90. The van der Waals surface area contributed by atoms with Crippen molar-refractivity contribution in [1.29, 1.82) is 0 Å². The van der Waals surface area contributed by atoms with Gasteiger partial charge in [0, 0.05) is 12.2 Å². The van der Waals surface area contributed by atoms with Gasteiger partial charge in [-0.2, -0.15) is 0 Å². The van der Waals surface area contributed by atoms with E-state index in [2.05, 4.69) is 0 Å². The zero-order valence-corrected chi connectivity index (χ0v) is 9.31. The van der Waals surface area contributed by atoms with Crippen molar-refractivity contribution in [3.05, 3.63) is 35.9 Å².